The zero-order valence-electron chi connectivity index (χ0n) is 20.6. The van der Waals surface area contributed by atoms with Crippen LogP contribution in [0.5, 0.6) is 5.75 Å². The molecule has 0 radical (unpaired) electrons. The number of aromatic nitrogens is 2. The lowest BCUT2D eigenvalue weighted by molar-refractivity contribution is 0.0921. The van der Waals surface area contributed by atoms with Crippen LogP contribution in [-0.4, -0.2) is 53.5 Å². The Morgan fingerprint density at radius 3 is 2.76 bits per heavy atom. The van der Waals surface area contributed by atoms with Gasteiger partial charge < -0.3 is 24.6 Å². The number of aryl methyl sites for hydroxylation is 1. The number of ether oxygens (including phenoxy) is 1. The summed E-state index contributed by atoms with van der Waals surface area (Å²) in [6.07, 6.45) is 6.75. The van der Waals surface area contributed by atoms with E-state index in [0.717, 1.165) is 80.7 Å². The first-order chi connectivity index (χ1) is 16.4. The topological polar surface area (TPSA) is 101 Å². The van der Waals surface area contributed by atoms with Gasteiger partial charge in [0.15, 0.2) is 0 Å². The molecule has 4 rings (SSSR count). The van der Waals surface area contributed by atoms with Crippen molar-refractivity contribution in [2.45, 2.75) is 71.3 Å². The number of hydrogen-bond donors (Lipinski definition) is 2. The first-order valence-corrected chi connectivity index (χ1v) is 12.7. The molecule has 186 valence electrons. The fourth-order valence-electron chi connectivity index (χ4n) is 4.94. The zero-order valence-corrected chi connectivity index (χ0v) is 20.6. The summed E-state index contributed by atoms with van der Waals surface area (Å²) in [5.41, 5.74) is 1.47. The Hall–Kier alpha value is -2.61. The molecule has 2 aliphatic rings. The Labute approximate surface area is 202 Å². The van der Waals surface area contributed by atoms with Crippen LogP contribution in [-0.2, 0) is 0 Å². The summed E-state index contributed by atoms with van der Waals surface area (Å²) in [6.45, 7) is 8.48. The van der Waals surface area contributed by atoms with Crippen LogP contribution < -0.4 is 15.0 Å². The Kier molecular flexibility index (Phi) is 8.08. The summed E-state index contributed by atoms with van der Waals surface area (Å²) >= 11 is 0. The number of benzene rings is 1. The van der Waals surface area contributed by atoms with Gasteiger partial charge in [-0.2, -0.15) is 4.98 Å². The third-order valence-electron chi connectivity index (χ3n) is 7.17. The number of piperidine rings is 1. The van der Waals surface area contributed by atoms with Crippen LogP contribution in [0.2, 0.25) is 0 Å². The molecule has 0 spiro atoms. The molecule has 1 aromatic heterocycles. The van der Waals surface area contributed by atoms with Crippen molar-refractivity contribution in [1.29, 1.82) is 0 Å². The number of carbonyl (C=O) groups is 1. The molecule has 8 heteroatoms. The van der Waals surface area contributed by atoms with Gasteiger partial charge in [0.25, 0.3) is 11.9 Å². The number of nitrogens with zero attached hydrogens (tertiary/aromatic N) is 3. The van der Waals surface area contributed by atoms with Crippen LogP contribution >= 0.6 is 0 Å². The van der Waals surface area contributed by atoms with Crippen molar-refractivity contribution >= 4 is 11.9 Å². The van der Waals surface area contributed by atoms with Gasteiger partial charge in [0.1, 0.15) is 5.75 Å². The zero-order chi connectivity index (χ0) is 24.1. The molecule has 1 aliphatic carbocycles. The molecule has 34 heavy (non-hydrogen) atoms. The Bertz CT molecular complexity index is 948. The maximum Gasteiger partial charge on any atom is 0.266 e. The summed E-state index contributed by atoms with van der Waals surface area (Å²) in [7, 11) is 0. The number of aliphatic hydroxyl groups is 1. The lowest BCUT2D eigenvalue weighted by Crippen LogP contribution is -2.35. The lowest BCUT2D eigenvalue weighted by Gasteiger charge is -2.31. The van der Waals surface area contributed by atoms with Crippen molar-refractivity contribution in [3.63, 3.8) is 0 Å². The SMILES string of the molecule is Cc1cc(OCCCC2CCN(c3noc(C4CC(C)C4)n3)CC2)ccc1C(=O)NC(C)CO. The Morgan fingerprint density at radius 1 is 1.32 bits per heavy atom. The smallest absolute Gasteiger partial charge is 0.266 e. The number of carbonyl (C=O) groups excluding carboxylic acids is 1. The van der Waals surface area contributed by atoms with Crippen molar-refractivity contribution in [3.8, 4) is 5.75 Å². The minimum absolute atomic E-state index is 0.0805. The van der Waals surface area contributed by atoms with Crippen LogP contribution in [0.4, 0.5) is 5.95 Å². The number of amides is 1. The van der Waals surface area contributed by atoms with Gasteiger partial charge in [-0.3, -0.25) is 4.79 Å². The second kappa shape index (κ2) is 11.2. The average molecular weight is 471 g/mol. The van der Waals surface area contributed by atoms with Crippen LogP contribution in [0, 0.1) is 18.8 Å². The molecule has 2 N–H and O–H groups in total. The first-order valence-electron chi connectivity index (χ1n) is 12.7. The highest BCUT2D eigenvalue weighted by atomic mass is 16.5. The molecule has 2 fully saturated rings. The van der Waals surface area contributed by atoms with Gasteiger partial charge in [0, 0.05) is 30.6 Å². The van der Waals surface area contributed by atoms with Crippen LogP contribution in [0.3, 0.4) is 0 Å². The third-order valence-corrected chi connectivity index (χ3v) is 7.17. The molecule has 1 atom stereocenters. The third kappa shape index (κ3) is 6.09. The maximum atomic E-state index is 12.3. The molecular formula is C26H38N4O4. The van der Waals surface area contributed by atoms with E-state index in [0.29, 0.717) is 24.0 Å². The van der Waals surface area contributed by atoms with E-state index in [1.807, 2.05) is 19.1 Å². The minimum Gasteiger partial charge on any atom is -0.494 e. The van der Waals surface area contributed by atoms with Gasteiger partial charge in [-0.1, -0.05) is 6.92 Å². The standard InChI is InChI=1S/C26H38N4O4/c1-17-13-21(14-17)25-28-26(29-34-25)30-10-8-20(9-11-30)5-4-12-33-22-6-7-23(18(2)15-22)24(32)27-19(3)16-31/h6-7,15,17,19-21,31H,4-5,8-14,16H2,1-3H3,(H,27,32). The monoisotopic (exact) mass is 470 g/mol. The predicted octanol–water partition coefficient (Wildman–Crippen LogP) is 4.08. The fraction of sp³-hybridized carbons (Fsp3) is 0.654. The summed E-state index contributed by atoms with van der Waals surface area (Å²) < 4.78 is 11.5. The first kappa shape index (κ1) is 24.5. The largest absolute Gasteiger partial charge is 0.494 e. The van der Waals surface area contributed by atoms with Crippen molar-refractivity contribution in [2.75, 3.05) is 31.2 Å². The summed E-state index contributed by atoms with van der Waals surface area (Å²) in [4.78, 5) is 19.2. The summed E-state index contributed by atoms with van der Waals surface area (Å²) in [6, 6.07) is 5.26. The van der Waals surface area contributed by atoms with E-state index in [1.54, 1.807) is 13.0 Å². The van der Waals surface area contributed by atoms with Crippen molar-refractivity contribution < 1.29 is 19.2 Å². The average Bonchev–Trinajstić information content (AvgIpc) is 3.29. The van der Waals surface area contributed by atoms with E-state index in [9.17, 15) is 4.79 Å². The molecule has 1 aliphatic heterocycles. The van der Waals surface area contributed by atoms with E-state index in [4.69, 9.17) is 14.4 Å². The highest BCUT2D eigenvalue weighted by Crippen LogP contribution is 2.40. The molecule has 0 bridgehead atoms. The van der Waals surface area contributed by atoms with Gasteiger partial charge in [-0.25, -0.2) is 0 Å². The van der Waals surface area contributed by atoms with E-state index in [-0.39, 0.29) is 18.6 Å². The second-order valence-electron chi connectivity index (χ2n) is 10.2. The van der Waals surface area contributed by atoms with Crippen molar-refractivity contribution in [2.24, 2.45) is 11.8 Å². The van der Waals surface area contributed by atoms with Gasteiger partial charge in [0.2, 0.25) is 5.89 Å². The van der Waals surface area contributed by atoms with Gasteiger partial charge in [-0.05, 0) is 93.1 Å². The van der Waals surface area contributed by atoms with E-state index < -0.39 is 0 Å². The van der Waals surface area contributed by atoms with E-state index >= 15 is 0 Å². The Morgan fingerprint density at radius 2 is 2.09 bits per heavy atom. The summed E-state index contributed by atoms with van der Waals surface area (Å²) in [5, 5.41) is 16.1. The van der Waals surface area contributed by atoms with Crippen molar-refractivity contribution in [3.05, 3.63) is 35.2 Å². The van der Waals surface area contributed by atoms with Gasteiger partial charge >= 0.3 is 0 Å². The predicted molar refractivity (Wildman–Crippen MR) is 130 cm³/mol. The number of rotatable bonds is 10. The number of anilines is 1. The molecular weight excluding hydrogens is 432 g/mol. The quantitative estimate of drug-likeness (QED) is 0.505. The molecule has 1 amide bonds. The lowest BCUT2D eigenvalue weighted by atomic mass is 9.76. The highest BCUT2D eigenvalue weighted by molar-refractivity contribution is 5.95. The van der Waals surface area contributed by atoms with Crippen LogP contribution in [0.15, 0.2) is 22.7 Å². The second-order valence-corrected chi connectivity index (χ2v) is 10.2. The number of aliphatic hydroxyl groups excluding tert-OH is 1. The maximum absolute atomic E-state index is 12.3. The summed E-state index contributed by atoms with van der Waals surface area (Å²) in [5.74, 6) is 4.11. The van der Waals surface area contributed by atoms with Crippen LogP contribution in [0.1, 0.15) is 80.1 Å². The molecule has 8 nitrogen and oxygen atoms in total. The normalized spacial score (nSPS) is 21.7. The van der Waals surface area contributed by atoms with E-state index in [2.05, 4.69) is 27.3 Å². The number of hydrogen-bond acceptors (Lipinski definition) is 7. The molecule has 2 heterocycles. The number of nitrogens with one attached hydrogen (secondary N) is 1. The minimum atomic E-state index is -0.268. The van der Waals surface area contributed by atoms with Crippen LogP contribution in [0.25, 0.3) is 0 Å². The molecule has 1 saturated heterocycles. The van der Waals surface area contributed by atoms with E-state index in [1.165, 1.54) is 0 Å². The molecule has 1 unspecified atom stereocenters. The van der Waals surface area contributed by atoms with Gasteiger partial charge in [0.05, 0.1) is 13.2 Å². The van der Waals surface area contributed by atoms with Crippen molar-refractivity contribution in [1.82, 2.24) is 15.5 Å². The molecule has 2 aromatic rings. The molecule has 1 aromatic carbocycles. The Balaban J connectivity index is 1.15. The molecule has 1 saturated carbocycles. The fourth-order valence-corrected chi connectivity index (χ4v) is 4.94. The highest BCUT2D eigenvalue weighted by Gasteiger charge is 2.32. The van der Waals surface area contributed by atoms with Gasteiger partial charge in [-0.15, -0.1) is 0 Å².